The summed E-state index contributed by atoms with van der Waals surface area (Å²) in [5, 5.41) is 0.485. The van der Waals surface area contributed by atoms with E-state index in [-0.39, 0.29) is 5.91 Å². The van der Waals surface area contributed by atoms with E-state index in [2.05, 4.69) is 10.3 Å². The summed E-state index contributed by atoms with van der Waals surface area (Å²) in [5.74, 6) is -0.396. The van der Waals surface area contributed by atoms with Gasteiger partial charge in [0.2, 0.25) is 5.91 Å². The first-order valence-electron chi connectivity index (χ1n) is 5.56. The van der Waals surface area contributed by atoms with E-state index >= 15 is 0 Å². The number of nitrogens with one attached hydrogen (secondary N) is 1. The van der Waals surface area contributed by atoms with Crippen LogP contribution in [0.3, 0.4) is 0 Å². The zero-order valence-corrected chi connectivity index (χ0v) is 10.7. The molecule has 5 nitrogen and oxygen atoms in total. The van der Waals surface area contributed by atoms with Crippen LogP contribution in [0.5, 0.6) is 0 Å². The van der Waals surface area contributed by atoms with E-state index in [4.69, 9.17) is 11.6 Å². The van der Waals surface area contributed by atoms with Crippen molar-refractivity contribution in [3.63, 3.8) is 0 Å². The lowest BCUT2D eigenvalue weighted by molar-refractivity contribution is -0.117. The molecule has 0 spiro atoms. The van der Waals surface area contributed by atoms with Crippen molar-refractivity contribution in [2.24, 2.45) is 0 Å². The van der Waals surface area contributed by atoms with Crippen molar-refractivity contribution in [1.82, 2.24) is 5.48 Å². The molecular weight excluding hydrogens is 256 g/mol. The van der Waals surface area contributed by atoms with Crippen LogP contribution < -0.4 is 10.4 Å². The summed E-state index contributed by atoms with van der Waals surface area (Å²) in [6.07, 6.45) is 1.29. The molecule has 1 saturated heterocycles. The van der Waals surface area contributed by atoms with Crippen LogP contribution in [0.25, 0.3) is 0 Å². The number of nitrogens with zero attached hydrogens (tertiary/aromatic N) is 1. The molecule has 1 aliphatic heterocycles. The lowest BCUT2D eigenvalue weighted by atomic mass is 10.1. The predicted octanol–water partition coefficient (Wildman–Crippen LogP) is 1.76. The summed E-state index contributed by atoms with van der Waals surface area (Å²) >= 11 is 5.92. The molecular formula is C12H13ClN2O3. The number of carbonyl (C=O) groups excluding carboxylic acids is 2. The number of amides is 2. The van der Waals surface area contributed by atoms with Crippen molar-refractivity contribution in [1.29, 1.82) is 0 Å². The maximum absolute atomic E-state index is 11.8. The largest absolute Gasteiger partial charge is 0.312 e. The molecule has 1 N–H and O–H groups in total. The van der Waals surface area contributed by atoms with Gasteiger partial charge in [-0.25, -0.2) is 5.48 Å². The minimum Gasteiger partial charge on any atom is -0.312 e. The standard InChI is InChI=1S/C12H13ClN2O3/c1-18-14-12(17)9-5-4-8(13)7-10(9)15-6-2-3-11(15)16/h4-5,7H,2-3,6H2,1H3,(H,14,17). The molecule has 0 radical (unpaired) electrons. The second-order valence-corrected chi connectivity index (χ2v) is 4.38. The van der Waals surface area contributed by atoms with E-state index in [1.807, 2.05) is 0 Å². The van der Waals surface area contributed by atoms with E-state index in [9.17, 15) is 9.59 Å². The van der Waals surface area contributed by atoms with Crippen LogP contribution >= 0.6 is 11.6 Å². The van der Waals surface area contributed by atoms with Gasteiger partial charge in [-0.05, 0) is 24.6 Å². The Kier molecular flexibility index (Phi) is 3.84. The molecule has 18 heavy (non-hydrogen) atoms. The molecule has 1 aromatic carbocycles. The fraction of sp³-hybridized carbons (Fsp3) is 0.333. The van der Waals surface area contributed by atoms with Crippen LogP contribution in [0.15, 0.2) is 18.2 Å². The molecule has 2 rings (SSSR count). The molecule has 0 atom stereocenters. The smallest absolute Gasteiger partial charge is 0.276 e. The van der Waals surface area contributed by atoms with Gasteiger partial charge in [-0.1, -0.05) is 11.6 Å². The molecule has 0 bridgehead atoms. The first kappa shape index (κ1) is 12.9. The van der Waals surface area contributed by atoms with Gasteiger partial charge in [-0.15, -0.1) is 0 Å². The first-order chi connectivity index (χ1) is 8.63. The topological polar surface area (TPSA) is 58.6 Å². The number of rotatable bonds is 3. The third-order valence-electron chi connectivity index (χ3n) is 2.76. The van der Waals surface area contributed by atoms with Crippen molar-refractivity contribution >= 4 is 29.1 Å². The summed E-state index contributed by atoms with van der Waals surface area (Å²) in [7, 11) is 1.36. The van der Waals surface area contributed by atoms with Gasteiger partial charge >= 0.3 is 0 Å². The first-order valence-corrected chi connectivity index (χ1v) is 5.94. The molecule has 0 aromatic heterocycles. The maximum Gasteiger partial charge on any atom is 0.276 e. The third kappa shape index (κ3) is 2.47. The highest BCUT2D eigenvalue weighted by molar-refractivity contribution is 6.31. The second-order valence-electron chi connectivity index (χ2n) is 3.95. The average Bonchev–Trinajstić information content (AvgIpc) is 2.75. The SMILES string of the molecule is CONC(=O)c1ccc(Cl)cc1N1CCCC1=O. The molecule has 1 aromatic rings. The number of anilines is 1. The van der Waals surface area contributed by atoms with Gasteiger partial charge in [-0.2, -0.15) is 0 Å². The van der Waals surface area contributed by atoms with E-state index < -0.39 is 5.91 Å². The number of hydrogen-bond acceptors (Lipinski definition) is 3. The zero-order valence-electron chi connectivity index (χ0n) is 9.90. The van der Waals surface area contributed by atoms with E-state index in [0.29, 0.717) is 29.2 Å². The van der Waals surface area contributed by atoms with Gasteiger partial charge in [0, 0.05) is 18.0 Å². The highest BCUT2D eigenvalue weighted by Crippen LogP contribution is 2.28. The van der Waals surface area contributed by atoms with Crippen LogP contribution in [0.2, 0.25) is 5.02 Å². The van der Waals surface area contributed by atoms with Crippen molar-refractivity contribution in [2.75, 3.05) is 18.6 Å². The minimum atomic E-state index is -0.399. The Hall–Kier alpha value is -1.59. The molecule has 6 heteroatoms. The van der Waals surface area contributed by atoms with Crippen LogP contribution in [-0.4, -0.2) is 25.5 Å². The highest BCUT2D eigenvalue weighted by Gasteiger charge is 2.26. The van der Waals surface area contributed by atoms with Crippen LogP contribution in [-0.2, 0) is 9.63 Å². The Morgan fingerprint density at radius 3 is 2.89 bits per heavy atom. The fourth-order valence-corrected chi connectivity index (χ4v) is 2.14. The van der Waals surface area contributed by atoms with Gasteiger partial charge in [-0.3, -0.25) is 14.4 Å². The van der Waals surface area contributed by atoms with Gasteiger partial charge in [0.05, 0.1) is 18.4 Å². The lowest BCUT2D eigenvalue weighted by Crippen LogP contribution is -2.29. The van der Waals surface area contributed by atoms with Crippen LogP contribution in [0.4, 0.5) is 5.69 Å². The molecule has 1 fully saturated rings. The number of carbonyl (C=O) groups is 2. The van der Waals surface area contributed by atoms with Crippen molar-refractivity contribution in [3.05, 3.63) is 28.8 Å². The molecule has 0 unspecified atom stereocenters. The molecule has 96 valence electrons. The third-order valence-corrected chi connectivity index (χ3v) is 3.00. The Morgan fingerprint density at radius 1 is 1.50 bits per heavy atom. The second kappa shape index (κ2) is 5.37. The van der Waals surface area contributed by atoms with Gasteiger partial charge in [0.15, 0.2) is 0 Å². The zero-order chi connectivity index (χ0) is 13.1. The molecule has 0 saturated carbocycles. The predicted molar refractivity (Wildman–Crippen MR) is 67.5 cm³/mol. The number of benzene rings is 1. The molecule has 2 amide bonds. The van der Waals surface area contributed by atoms with E-state index in [0.717, 1.165) is 6.42 Å². The van der Waals surface area contributed by atoms with E-state index in [1.165, 1.54) is 7.11 Å². The number of hydroxylamine groups is 1. The number of halogens is 1. The maximum atomic E-state index is 11.8. The van der Waals surface area contributed by atoms with Crippen molar-refractivity contribution in [3.8, 4) is 0 Å². The number of hydrogen-bond donors (Lipinski definition) is 1. The summed E-state index contributed by atoms with van der Waals surface area (Å²) < 4.78 is 0. The highest BCUT2D eigenvalue weighted by atomic mass is 35.5. The Labute approximate surface area is 110 Å². The Bertz CT molecular complexity index is 490. The summed E-state index contributed by atoms with van der Waals surface area (Å²) in [6, 6.07) is 4.81. The van der Waals surface area contributed by atoms with E-state index in [1.54, 1.807) is 23.1 Å². The van der Waals surface area contributed by atoms with Gasteiger partial charge < -0.3 is 4.90 Å². The summed E-state index contributed by atoms with van der Waals surface area (Å²) in [4.78, 5) is 29.7. The van der Waals surface area contributed by atoms with Gasteiger partial charge in [0.25, 0.3) is 5.91 Å². The molecule has 0 aliphatic carbocycles. The Morgan fingerprint density at radius 2 is 2.28 bits per heavy atom. The van der Waals surface area contributed by atoms with Crippen molar-refractivity contribution < 1.29 is 14.4 Å². The normalized spacial score (nSPS) is 15.0. The minimum absolute atomic E-state index is 0.00346. The average molecular weight is 269 g/mol. The lowest BCUT2D eigenvalue weighted by Gasteiger charge is -2.19. The molecule has 1 heterocycles. The fourth-order valence-electron chi connectivity index (χ4n) is 1.97. The Balaban J connectivity index is 2.40. The monoisotopic (exact) mass is 268 g/mol. The quantitative estimate of drug-likeness (QED) is 0.850. The van der Waals surface area contributed by atoms with Gasteiger partial charge in [0.1, 0.15) is 0 Å². The molecule has 1 aliphatic rings. The summed E-state index contributed by atoms with van der Waals surface area (Å²) in [5.41, 5.74) is 3.14. The van der Waals surface area contributed by atoms with Crippen LogP contribution in [0.1, 0.15) is 23.2 Å². The van der Waals surface area contributed by atoms with Crippen LogP contribution in [0, 0.1) is 0 Å². The summed E-state index contributed by atoms with van der Waals surface area (Å²) in [6.45, 7) is 0.604. The van der Waals surface area contributed by atoms with Crippen molar-refractivity contribution in [2.45, 2.75) is 12.8 Å².